The Labute approximate surface area is 153 Å². The molecule has 1 heterocycles. The number of nitrogens with zero attached hydrogens (tertiary/aromatic N) is 2. The number of nitrogens with one attached hydrogen (secondary N) is 2. The van der Waals surface area contributed by atoms with Gasteiger partial charge in [0.05, 0.1) is 17.3 Å². The zero-order chi connectivity index (χ0) is 17.6. The molecule has 0 unspecified atom stereocenters. The zero-order valence-electron chi connectivity index (χ0n) is 13.0. The highest BCUT2D eigenvalue weighted by atomic mass is 79.9. The van der Waals surface area contributed by atoms with Crippen molar-refractivity contribution in [2.45, 2.75) is 0 Å². The van der Waals surface area contributed by atoms with E-state index in [-0.39, 0.29) is 11.6 Å². The summed E-state index contributed by atoms with van der Waals surface area (Å²) < 4.78 is 0.797. The van der Waals surface area contributed by atoms with Crippen LogP contribution in [0.1, 0.15) is 16.1 Å². The Bertz CT molecular complexity index is 965. The van der Waals surface area contributed by atoms with E-state index in [0.717, 1.165) is 10.2 Å². The Hall–Kier alpha value is -3.17. The average molecular weight is 393 g/mol. The van der Waals surface area contributed by atoms with Crippen molar-refractivity contribution in [3.05, 3.63) is 82.6 Å². The van der Waals surface area contributed by atoms with Crippen molar-refractivity contribution in [3.8, 4) is 6.07 Å². The maximum Gasteiger partial charge on any atom is 0.274 e. The number of carbonyl (C=O) groups excluding carboxylic acids is 1. The third-order valence-corrected chi connectivity index (χ3v) is 4.09. The molecule has 0 aliphatic rings. The molecule has 3 rings (SSSR count). The lowest BCUT2D eigenvalue weighted by Gasteiger charge is -2.09. The number of amides is 1. The minimum absolute atomic E-state index is 0.289. The summed E-state index contributed by atoms with van der Waals surface area (Å²) in [6.07, 6.45) is 1.56. The van der Waals surface area contributed by atoms with Gasteiger partial charge in [-0.05, 0) is 58.4 Å². The van der Waals surface area contributed by atoms with Crippen LogP contribution in [0.2, 0.25) is 0 Å². The third kappa shape index (κ3) is 4.22. The van der Waals surface area contributed by atoms with Crippen LogP contribution in [0, 0.1) is 11.3 Å². The summed E-state index contributed by atoms with van der Waals surface area (Å²) in [5.41, 5.74) is 3.00. The topological polar surface area (TPSA) is 77.8 Å². The first-order chi connectivity index (χ1) is 12.2. The van der Waals surface area contributed by atoms with Crippen molar-refractivity contribution in [1.82, 2.24) is 4.98 Å². The van der Waals surface area contributed by atoms with Gasteiger partial charge in [0.1, 0.15) is 5.69 Å². The van der Waals surface area contributed by atoms with Gasteiger partial charge in [-0.1, -0.05) is 18.2 Å². The van der Waals surface area contributed by atoms with E-state index in [2.05, 4.69) is 37.6 Å². The lowest BCUT2D eigenvalue weighted by molar-refractivity contribution is 0.102. The highest BCUT2D eigenvalue weighted by molar-refractivity contribution is 9.10. The Morgan fingerprint density at radius 3 is 2.64 bits per heavy atom. The predicted molar refractivity (Wildman–Crippen MR) is 101 cm³/mol. The summed E-state index contributed by atoms with van der Waals surface area (Å²) in [5.74, 6) is -0.304. The number of para-hydroxylation sites is 1. The first-order valence-electron chi connectivity index (χ1n) is 7.45. The Kier molecular flexibility index (Phi) is 5.07. The Morgan fingerprint density at radius 2 is 1.84 bits per heavy atom. The van der Waals surface area contributed by atoms with Crippen LogP contribution in [-0.4, -0.2) is 10.9 Å². The molecule has 0 aliphatic carbocycles. The summed E-state index contributed by atoms with van der Waals surface area (Å²) in [5, 5.41) is 14.9. The highest BCUT2D eigenvalue weighted by Crippen LogP contribution is 2.22. The summed E-state index contributed by atoms with van der Waals surface area (Å²) in [6.45, 7) is 0. The fourth-order valence-corrected chi connectivity index (χ4v) is 2.60. The molecule has 25 heavy (non-hydrogen) atoms. The van der Waals surface area contributed by atoms with E-state index < -0.39 is 0 Å². The van der Waals surface area contributed by atoms with Crippen LogP contribution in [0.4, 0.5) is 17.1 Å². The van der Waals surface area contributed by atoms with Crippen LogP contribution in [0.3, 0.4) is 0 Å². The summed E-state index contributed by atoms with van der Waals surface area (Å²) in [6, 6.07) is 20.0. The maximum atomic E-state index is 12.4. The molecule has 2 N–H and O–H groups in total. The fraction of sp³-hybridized carbons (Fsp3) is 0. The lowest BCUT2D eigenvalue weighted by atomic mass is 10.2. The number of halogens is 1. The fourth-order valence-electron chi connectivity index (χ4n) is 2.21. The van der Waals surface area contributed by atoms with Crippen LogP contribution < -0.4 is 10.6 Å². The van der Waals surface area contributed by atoms with Crippen LogP contribution >= 0.6 is 15.9 Å². The van der Waals surface area contributed by atoms with E-state index in [1.54, 1.807) is 42.6 Å². The number of pyridine rings is 1. The maximum absolute atomic E-state index is 12.4. The molecule has 1 amide bonds. The molecule has 0 radical (unpaired) electrons. The number of carbonyl (C=O) groups is 1. The molecule has 0 fully saturated rings. The van der Waals surface area contributed by atoms with Gasteiger partial charge in [0, 0.05) is 22.0 Å². The van der Waals surface area contributed by atoms with Crippen molar-refractivity contribution in [3.63, 3.8) is 0 Å². The number of rotatable bonds is 4. The number of hydrogen-bond acceptors (Lipinski definition) is 4. The van der Waals surface area contributed by atoms with Crippen molar-refractivity contribution in [2.24, 2.45) is 0 Å². The largest absolute Gasteiger partial charge is 0.355 e. The van der Waals surface area contributed by atoms with E-state index in [1.165, 1.54) is 0 Å². The van der Waals surface area contributed by atoms with Crippen LogP contribution in [0.25, 0.3) is 0 Å². The van der Waals surface area contributed by atoms with Crippen LogP contribution in [-0.2, 0) is 0 Å². The SMILES string of the molecule is N#Cc1cccc(Nc2ccnc(C(=O)Nc3ccccc3Br)c2)c1. The smallest absolute Gasteiger partial charge is 0.274 e. The molecule has 0 atom stereocenters. The van der Waals surface area contributed by atoms with Crippen molar-refractivity contribution < 1.29 is 4.79 Å². The van der Waals surface area contributed by atoms with Gasteiger partial charge >= 0.3 is 0 Å². The molecule has 122 valence electrons. The predicted octanol–water partition coefficient (Wildman–Crippen LogP) is 4.71. The van der Waals surface area contributed by atoms with Crippen molar-refractivity contribution >= 4 is 38.9 Å². The molecule has 6 heteroatoms. The summed E-state index contributed by atoms with van der Waals surface area (Å²) >= 11 is 3.40. The quantitative estimate of drug-likeness (QED) is 0.673. The van der Waals surface area contributed by atoms with Gasteiger partial charge in [-0.15, -0.1) is 0 Å². The Balaban J connectivity index is 1.78. The molecular weight excluding hydrogens is 380 g/mol. The number of hydrogen-bond donors (Lipinski definition) is 2. The number of nitriles is 1. The first-order valence-corrected chi connectivity index (χ1v) is 8.24. The van der Waals surface area contributed by atoms with E-state index in [4.69, 9.17) is 5.26 Å². The zero-order valence-corrected chi connectivity index (χ0v) is 14.6. The van der Waals surface area contributed by atoms with Crippen molar-refractivity contribution in [1.29, 1.82) is 5.26 Å². The van der Waals surface area contributed by atoms with Gasteiger partial charge in [-0.25, -0.2) is 0 Å². The number of aromatic nitrogens is 1. The van der Waals surface area contributed by atoms with Gasteiger partial charge < -0.3 is 10.6 Å². The molecule has 0 bridgehead atoms. The first kappa shape index (κ1) is 16.7. The number of anilines is 3. The van der Waals surface area contributed by atoms with E-state index in [0.29, 0.717) is 16.9 Å². The standard InChI is InChI=1S/C19H13BrN4O/c20-16-6-1-2-7-17(16)24-19(25)18-11-15(8-9-22-18)23-14-5-3-4-13(10-14)12-21/h1-11H,(H,22,23)(H,24,25). The van der Waals surface area contributed by atoms with Crippen LogP contribution in [0.5, 0.6) is 0 Å². The molecule has 5 nitrogen and oxygen atoms in total. The van der Waals surface area contributed by atoms with Gasteiger partial charge in [-0.3, -0.25) is 9.78 Å². The summed E-state index contributed by atoms with van der Waals surface area (Å²) in [4.78, 5) is 16.5. The van der Waals surface area contributed by atoms with Crippen LogP contribution in [0.15, 0.2) is 71.3 Å². The average Bonchev–Trinajstić information content (AvgIpc) is 2.64. The third-order valence-electron chi connectivity index (χ3n) is 3.39. The van der Waals surface area contributed by atoms with E-state index in [1.807, 2.05) is 24.3 Å². The van der Waals surface area contributed by atoms with Gasteiger partial charge in [-0.2, -0.15) is 5.26 Å². The number of benzene rings is 2. The molecule has 1 aromatic heterocycles. The molecule has 2 aromatic carbocycles. The Morgan fingerprint density at radius 1 is 1.04 bits per heavy atom. The monoisotopic (exact) mass is 392 g/mol. The normalized spacial score (nSPS) is 9.92. The highest BCUT2D eigenvalue weighted by Gasteiger charge is 2.10. The molecule has 3 aromatic rings. The van der Waals surface area contributed by atoms with Crippen molar-refractivity contribution in [2.75, 3.05) is 10.6 Å². The molecule has 0 spiro atoms. The second-order valence-corrected chi connectivity index (χ2v) is 6.04. The second-order valence-electron chi connectivity index (χ2n) is 5.18. The molecule has 0 saturated carbocycles. The molecular formula is C19H13BrN4O. The second kappa shape index (κ2) is 7.60. The molecule has 0 aliphatic heterocycles. The van der Waals surface area contributed by atoms with Gasteiger partial charge in [0.2, 0.25) is 0 Å². The minimum Gasteiger partial charge on any atom is -0.355 e. The lowest BCUT2D eigenvalue weighted by Crippen LogP contribution is -2.14. The molecule has 0 saturated heterocycles. The van der Waals surface area contributed by atoms with E-state index in [9.17, 15) is 4.79 Å². The summed E-state index contributed by atoms with van der Waals surface area (Å²) in [7, 11) is 0. The van der Waals surface area contributed by atoms with Gasteiger partial charge in [0.25, 0.3) is 5.91 Å². The minimum atomic E-state index is -0.304. The van der Waals surface area contributed by atoms with E-state index >= 15 is 0 Å². The van der Waals surface area contributed by atoms with Gasteiger partial charge in [0.15, 0.2) is 0 Å².